The van der Waals surface area contributed by atoms with E-state index in [-0.39, 0.29) is 29.6 Å². The quantitative estimate of drug-likeness (QED) is 0.283. The zero-order chi connectivity index (χ0) is 21.2. The second-order valence-corrected chi connectivity index (χ2v) is 8.66. The number of unbranched alkanes of at least 4 members (excludes halogenated alkanes) is 2. The summed E-state index contributed by atoms with van der Waals surface area (Å²) in [6.45, 7) is 6.20. The SMILES string of the molecule is CCCCC(C)(C)[C@H](O)C=C[C@@H]1[C@@H](CC=CCCCC(=O)OC)[C@@H](F)C[C@H]1O. The van der Waals surface area contributed by atoms with Crippen LogP contribution in [0.4, 0.5) is 4.39 Å². The van der Waals surface area contributed by atoms with Gasteiger partial charge in [-0.25, -0.2) is 4.39 Å². The van der Waals surface area contributed by atoms with Gasteiger partial charge in [0.15, 0.2) is 0 Å². The van der Waals surface area contributed by atoms with Crippen LogP contribution in [0.3, 0.4) is 0 Å². The summed E-state index contributed by atoms with van der Waals surface area (Å²) in [6, 6.07) is 0. The molecule has 162 valence electrons. The number of aliphatic hydroxyl groups is 2. The van der Waals surface area contributed by atoms with Crippen molar-refractivity contribution in [3.8, 4) is 0 Å². The molecule has 0 saturated heterocycles. The Morgan fingerprint density at radius 1 is 1.32 bits per heavy atom. The highest BCUT2D eigenvalue weighted by Gasteiger charge is 2.41. The van der Waals surface area contributed by atoms with Gasteiger partial charge in [-0.15, -0.1) is 0 Å². The van der Waals surface area contributed by atoms with Gasteiger partial charge in [0.25, 0.3) is 0 Å². The Morgan fingerprint density at radius 3 is 2.68 bits per heavy atom. The first kappa shape index (κ1) is 24.8. The first-order valence-corrected chi connectivity index (χ1v) is 10.6. The number of allylic oxidation sites excluding steroid dienone is 2. The van der Waals surface area contributed by atoms with E-state index in [1.54, 1.807) is 6.08 Å². The van der Waals surface area contributed by atoms with E-state index in [9.17, 15) is 19.4 Å². The van der Waals surface area contributed by atoms with Crippen LogP contribution in [0.25, 0.3) is 0 Å². The molecule has 0 radical (unpaired) electrons. The molecular weight excluding hydrogens is 359 g/mol. The third-order valence-corrected chi connectivity index (χ3v) is 5.92. The second kappa shape index (κ2) is 12.4. The number of carbonyl (C=O) groups excluding carboxylic acids is 1. The highest BCUT2D eigenvalue weighted by atomic mass is 19.1. The number of rotatable bonds is 12. The van der Waals surface area contributed by atoms with Gasteiger partial charge < -0.3 is 14.9 Å². The first-order valence-electron chi connectivity index (χ1n) is 10.6. The smallest absolute Gasteiger partial charge is 0.305 e. The fourth-order valence-corrected chi connectivity index (χ4v) is 3.78. The number of methoxy groups -OCH3 is 1. The van der Waals surface area contributed by atoms with Gasteiger partial charge in [-0.05, 0) is 31.1 Å². The Labute approximate surface area is 169 Å². The minimum absolute atomic E-state index is 0.144. The highest BCUT2D eigenvalue weighted by molar-refractivity contribution is 5.69. The van der Waals surface area contributed by atoms with Crippen LogP contribution in [0.15, 0.2) is 24.3 Å². The van der Waals surface area contributed by atoms with E-state index < -0.39 is 18.4 Å². The van der Waals surface area contributed by atoms with Gasteiger partial charge in [0, 0.05) is 24.7 Å². The predicted octanol–water partition coefficient (Wildman–Crippen LogP) is 4.74. The van der Waals surface area contributed by atoms with E-state index in [4.69, 9.17) is 0 Å². The van der Waals surface area contributed by atoms with Crippen molar-refractivity contribution >= 4 is 5.97 Å². The zero-order valence-corrected chi connectivity index (χ0v) is 17.9. The minimum atomic E-state index is -1.05. The standard InChI is InChI=1S/C23H39FO4/c1-5-6-15-23(2,3)21(26)14-13-18-17(19(24)16-20(18)25)11-9-7-8-10-12-22(27)28-4/h7,9,13-14,17-21,25-26H,5-6,8,10-12,15-16H2,1-4H3/t17-,18-,19+,20-,21-/m1/s1. The van der Waals surface area contributed by atoms with Gasteiger partial charge in [0.05, 0.1) is 19.3 Å². The Morgan fingerprint density at radius 2 is 2.04 bits per heavy atom. The molecular formula is C23H39FO4. The lowest BCUT2D eigenvalue weighted by Crippen LogP contribution is -2.28. The number of hydrogen-bond acceptors (Lipinski definition) is 4. The average Bonchev–Trinajstić information content (AvgIpc) is 2.93. The number of carbonyl (C=O) groups is 1. The summed E-state index contributed by atoms with van der Waals surface area (Å²) in [5.41, 5.74) is -0.236. The lowest BCUT2D eigenvalue weighted by Gasteiger charge is -2.29. The van der Waals surface area contributed by atoms with Crippen LogP contribution in [0.2, 0.25) is 0 Å². The Bertz CT molecular complexity index is 515. The van der Waals surface area contributed by atoms with E-state index in [0.717, 1.165) is 25.7 Å². The molecule has 1 saturated carbocycles. The molecule has 0 aromatic carbocycles. The Hall–Kier alpha value is -1.20. The lowest BCUT2D eigenvalue weighted by atomic mass is 9.80. The number of aliphatic hydroxyl groups excluding tert-OH is 2. The molecule has 1 fully saturated rings. The fourth-order valence-electron chi connectivity index (χ4n) is 3.78. The molecule has 1 aliphatic carbocycles. The van der Waals surface area contributed by atoms with E-state index in [1.165, 1.54) is 7.11 Å². The van der Waals surface area contributed by atoms with Gasteiger partial charge in [0.2, 0.25) is 0 Å². The molecule has 28 heavy (non-hydrogen) atoms. The lowest BCUT2D eigenvalue weighted by molar-refractivity contribution is -0.140. The highest BCUT2D eigenvalue weighted by Crippen LogP contribution is 2.39. The zero-order valence-electron chi connectivity index (χ0n) is 17.9. The van der Waals surface area contributed by atoms with Crippen LogP contribution < -0.4 is 0 Å². The van der Waals surface area contributed by atoms with Crippen molar-refractivity contribution in [3.05, 3.63) is 24.3 Å². The molecule has 0 heterocycles. The third-order valence-electron chi connectivity index (χ3n) is 5.92. The summed E-state index contributed by atoms with van der Waals surface area (Å²) in [5, 5.41) is 20.8. The summed E-state index contributed by atoms with van der Waals surface area (Å²) in [6.07, 6.45) is 10.7. The molecule has 4 nitrogen and oxygen atoms in total. The average molecular weight is 399 g/mol. The van der Waals surface area contributed by atoms with Crippen LogP contribution in [0.5, 0.6) is 0 Å². The van der Waals surface area contributed by atoms with E-state index in [0.29, 0.717) is 19.3 Å². The molecule has 0 unspecified atom stereocenters. The Balaban J connectivity index is 2.59. The van der Waals surface area contributed by atoms with Crippen molar-refractivity contribution in [2.45, 2.75) is 90.5 Å². The largest absolute Gasteiger partial charge is 0.469 e. The monoisotopic (exact) mass is 398 g/mol. The predicted molar refractivity (Wildman–Crippen MR) is 111 cm³/mol. The van der Waals surface area contributed by atoms with E-state index in [1.807, 2.05) is 32.1 Å². The molecule has 0 aliphatic heterocycles. The third kappa shape index (κ3) is 8.04. The fraction of sp³-hybridized carbons (Fsp3) is 0.783. The van der Waals surface area contributed by atoms with Crippen molar-refractivity contribution in [3.63, 3.8) is 0 Å². The summed E-state index contributed by atoms with van der Waals surface area (Å²) < 4.78 is 19.0. The maximum atomic E-state index is 14.4. The molecule has 0 aromatic rings. The molecule has 0 aromatic heterocycles. The molecule has 2 N–H and O–H groups in total. The molecule has 5 atom stereocenters. The van der Waals surface area contributed by atoms with E-state index in [2.05, 4.69) is 11.7 Å². The van der Waals surface area contributed by atoms with Crippen LogP contribution in [-0.2, 0) is 9.53 Å². The molecule has 1 rings (SSSR count). The first-order chi connectivity index (χ1) is 13.2. The second-order valence-electron chi connectivity index (χ2n) is 8.66. The summed E-state index contributed by atoms with van der Waals surface area (Å²) >= 11 is 0. The maximum Gasteiger partial charge on any atom is 0.305 e. The van der Waals surface area contributed by atoms with Gasteiger partial charge >= 0.3 is 5.97 Å². The van der Waals surface area contributed by atoms with Gasteiger partial charge in [-0.2, -0.15) is 0 Å². The molecule has 1 aliphatic rings. The molecule has 0 amide bonds. The minimum Gasteiger partial charge on any atom is -0.469 e. The molecule has 0 bridgehead atoms. The van der Waals surface area contributed by atoms with E-state index >= 15 is 0 Å². The van der Waals surface area contributed by atoms with Gasteiger partial charge in [-0.1, -0.05) is 57.9 Å². The van der Waals surface area contributed by atoms with Crippen LogP contribution in [0.1, 0.15) is 72.1 Å². The number of halogens is 1. The number of alkyl halides is 1. The number of hydrogen-bond donors (Lipinski definition) is 2. The van der Waals surface area contributed by atoms with Crippen molar-refractivity contribution in [1.82, 2.24) is 0 Å². The van der Waals surface area contributed by atoms with Crippen molar-refractivity contribution in [2.75, 3.05) is 7.11 Å². The summed E-state index contributed by atoms with van der Waals surface area (Å²) in [5.74, 6) is -0.790. The van der Waals surface area contributed by atoms with Crippen LogP contribution in [-0.4, -0.2) is 41.7 Å². The molecule has 0 spiro atoms. The van der Waals surface area contributed by atoms with Crippen molar-refractivity contribution in [2.24, 2.45) is 17.3 Å². The maximum absolute atomic E-state index is 14.4. The van der Waals surface area contributed by atoms with Crippen LogP contribution >= 0.6 is 0 Å². The number of ether oxygens (including phenoxy) is 1. The number of esters is 1. The summed E-state index contributed by atoms with van der Waals surface area (Å²) in [7, 11) is 1.38. The van der Waals surface area contributed by atoms with Gasteiger partial charge in [-0.3, -0.25) is 4.79 Å². The van der Waals surface area contributed by atoms with Crippen molar-refractivity contribution in [1.29, 1.82) is 0 Å². The summed E-state index contributed by atoms with van der Waals surface area (Å²) in [4.78, 5) is 11.1. The van der Waals surface area contributed by atoms with Crippen LogP contribution in [0, 0.1) is 17.3 Å². The molecule has 5 heteroatoms. The Kier molecular flexibility index (Phi) is 11.0. The van der Waals surface area contributed by atoms with Gasteiger partial charge in [0.1, 0.15) is 6.17 Å². The normalized spacial score (nSPS) is 27.0. The topological polar surface area (TPSA) is 66.8 Å². The van der Waals surface area contributed by atoms with Crippen molar-refractivity contribution < 1.29 is 24.1 Å².